The fourth-order valence-electron chi connectivity index (χ4n) is 2.01. The molecule has 1 atom stereocenters. The van der Waals surface area contributed by atoms with Gasteiger partial charge < -0.3 is 15.8 Å². The van der Waals surface area contributed by atoms with Crippen molar-refractivity contribution < 1.29 is 4.74 Å². The van der Waals surface area contributed by atoms with Gasteiger partial charge in [-0.15, -0.1) is 0 Å². The van der Waals surface area contributed by atoms with E-state index in [1.165, 1.54) is 18.4 Å². The van der Waals surface area contributed by atoms with Gasteiger partial charge >= 0.3 is 0 Å². The predicted octanol–water partition coefficient (Wildman–Crippen LogP) is 2.47. The highest BCUT2D eigenvalue weighted by Gasteiger charge is 2.22. The summed E-state index contributed by atoms with van der Waals surface area (Å²) >= 11 is 0. The smallest absolute Gasteiger partial charge is 0.119 e. The van der Waals surface area contributed by atoms with Crippen molar-refractivity contribution in [1.82, 2.24) is 5.32 Å². The van der Waals surface area contributed by atoms with Crippen LogP contribution >= 0.6 is 0 Å². The van der Waals surface area contributed by atoms with Crippen molar-refractivity contribution >= 4 is 0 Å². The predicted molar refractivity (Wildman–Crippen MR) is 74.8 cm³/mol. The Hall–Kier alpha value is -1.06. The molecular weight excluding hydrogens is 224 g/mol. The Morgan fingerprint density at radius 1 is 1.44 bits per heavy atom. The molecule has 0 saturated heterocycles. The fraction of sp³-hybridized carbons (Fsp3) is 0.600. The number of hydrogen-bond acceptors (Lipinski definition) is 3. The van der Waals surface area contributed by atoms with E-state index < -0.39 is 0 Å². The first kappa shape index (κ1) is 13.4. The Kier molecular flexibility index (Phi) is 5.02. The number of nitrogens with one attached hydrogen (secondary N) is 1. The van der Waals surface area contributed by atoms with E-state index in [2.05, 4.69) is 24.4 Å². The molecule has 0 bridgehead atoms. The Labute approximate surface area is 110 Å². The Morgan fingerprint density at radius 3 is 2.94 bits per heavy atom. The number of hydrogen-bond donors (Lipinski definition) is 2. The van der Waals surface area contributed by atoms with Crippen molar-refractivity contribution in [3.8, 4) is 5.75 Å². The van der Waals surface area contributed by atoms with Crippen molar-refractivity contribution in [3.05, 3.63) is 29.8 Å². The quantitative estimate of drug-likeness (QED) is 0.743. The topological polar surface area (TPSA) is 47.3 Å². The van der Waals surface area contributed by atoms with Gasteiger partial charge in [-0.3, -0.25) is 0 Å². The average Bonchev–Trinajstić information content (AvgIpc) is 3.22. The highest BCUT2D eigenvalue weighted by Crippen LogP contribution is 2.28. The highest BCUT2D eigenvalue weighted by molar-refractivity contribution is 5.30. The highest BCUT2D eigenvalue weighted by atomic mass is 16.5. The van der Waals surface area contributed by atoms with Crippen LogP contribution in [0.15, 0.2) is 24.3 Å². The van der Waals surface area contributed by atoms with Crippen LogP contribution in [0, 0.1) is 5.92 Å². The summed E-state index contributed by atoms with van der Waals surface area (Å²) in [5.74, 6) is 1.82. The van der Waals surface area contributed by atoms with E-state index in [0.29, 0.717) is 6.54 Å². The van der Waals surface area contributed by atoms with E-state index in [1.54, 1.807) is 0 Å². The summed E-state index contributed by atoms with van der Waals surface area (Å²) < 4.78 is 5.66. The van der Waals surface area contributed by atoms with Crippen LogP contribution in [-0.4, -0.2) is 19.7 Å². The molecular formula is C15H24N2O. The number of nitrogens with two attached hydrogens (primary N) is 1. The van der Waals surface area contributed by atoms with Gasteiger partial charge in [0.1, 0.15) is 5.75 Å². The van der Waals surface area contributed by atoms with Gasteiger partial charge in [0.25, 0.3) is 0 Å². The molecule has 1 aromatic carbocycles. The first-order valence-corrected chi connectivity index (χ1v) is 6.99. The second-order valence-corrected chi connectivity index (χ2v) is 5.06. The Morgan fingerprint density at radius 2 is 2.28 bits per heavy atom. The van der Waals surface area contributed by atoms with Crippen molar-refractivity contribution in [1.29, 1.82) is 0 Å². The lowest BCUT2D eigenvalue weighted by Gasteiger charge is -2.18. The second-order valence-electron chi connectivity index (χ2n) is 5.06. The molecule has 1 unspecified atom stereocenters. The van der Waals surface area contributed by atoms with Gasteiger partial charge in [-0.05, 0) is 49.4 Å². The summed E-state index contributed by atoms with van der Waals surface area (Å²) in [7, 11) is 0. The standard InChI is InChI=1S/C15H24N2O/c1-2-8-18-14-5-3-4-13(9-14)15(10-16)17-11-12-6-7-12/h3-5,9,12,15,17H,2,6-8,10-11,16H2,1H3. The number of rotatable bonds is 8. The van der Waals surface area contributed by atoms with Gasteiger partial charge in [-0.2, -0.15) is 0 Å². The van der Waals surface area contributed by atoms with Gasteiger partial charge in [0.2, 0.25) is 0 Å². The molecule has 0 amide bonds. The zero-order valence-electron chi connectivity index (χ0n) is 11.2. The molecule has 1 aliphatic rings. The maximum absolute atomic E-state index is 5.86. The summed E-state index contributed by atoms with van der Waals surface area (Å²) in [5, 5.41) is 3.55. The molecule has 0 aromatic heterocycles. The normalized spacial score (nSPS) is 16.6. The van der Waals surface area contributed by atoms with Crippen LogP contribution in [-0.2, 0) is 0 Å². The van der Waals surface area contributed by atoms with Crippen molar-refractivity contribution in [2.24, 2.45) is 11.7 Å². The summed E-state index contributed by atoms with van der Waals surface area (Å²) in [6, 6.07) is 8.52. The average molecular weight is 248 g/mol. The minimum absolute atomic E-state index is 0.246. The van der Waals surface area contributed by atoms with E-state index in [9.17, 15) is 0 Å². The van der Waals surface area contributed by atoms with Gasteiger partial charge in [0.05, 0.1) is 6.61 Å². The molecule has 0 aliphatic heterocycles. The third-order valence-electron chi connectivity index (χ3n) is 3.32. The van der Waals surface area contributed by atoms with Crippen LogP contribution in [0.4, 0.5) is 0 Å². The number of benzene rings is 1. The third-order valence-corrected chi connectivity index (χ3v) is 3.32. The van der Waals surface area contributed by atoms with Crippen LogP contribution in [0.1, 0.15) is 37.8 Å². The van der Waals surface area contributed by atoms with Gasteiger partial charge in [-0.25, -0.2) is 0 Å². The zero-order chi connectivity index (χ0) is 12.8. The molecule has 1 saturated carbocycles. The lowest BCUT2D eigenvalue weighted by Crippen LogP contribution is -2.29. The van der Waals surface area contributed by atoms with E-state index in [1.807, 2.05) is 12.1 Å². The first-order valence-electron chi connectivity index (χ1n) is 6.99. The fourth-order valence-corrected chi connectivity index (χ4v) is 2.01. The first-order chi connectivity index (χ1) is 8.83. The molecule has 3 heteroatoms. The van der Waals surface area contributed by atoms with E-state index in [0.717, 1.165) is 31.2 Å². The van der Waals surface area contributed by atoms with Crippen molar-refractivity contribution in [3.63, 3.8) is 0 Å². The summed E-state index contributed by atoms with van der Waals surface area (Å²) in [4.78, 5) is 0. The summed E-state index contributed by atoms with van der Waals surface area (Å²) in [6.07, 6.45) is 3.76. The molecule has 0 heterocycles. The molecule has 18 heavy (non-hydrogen) atoms. The second kappa shape index (κ2) is 6.76. The summed E-state index contributed by atoms with van der Waals surface area (Å²) in [6.45, 7) is 4.60. The number of ether oxygens (including phenoxy) is 1. The Balaban J connectivity index is 1.94. The van der Waals surface area contributed by atoms with Gasteiger partial charge in [0.15, 0.2) is 0 Å². The van der Waals surface area contributed by atoms with Crippen LogP contribution in [0.5, 0.6) is 5.75 Å². The van der Waals surface area contributed by atoms with E-state index in [-0.39, 0.29) is 6.04 Å². The van der Waals surface area contributed by atoms with Crippen LogP contribution in [0.3, 0.4) is 0 Å². The van der Waals surface area contributed by atoms with Gasteiger partial charge in [-0.1, -0.05) is 19.1 Å². The molecule has 100 valence electrons. The van der Waals surface area contributed by atoms with Crippen LogP contribution in [0.2, 0.25) is 0 Å². The molecule has 1 fully saturated rings. The minimum Gasteiger partial charge on any atom is -0.494 e. The Bertz CT molecular complexity index is 363. The molecule has 1 aromatic rings. The zero-order valence-corrected chi connectivity index (χ0v) is 11.2. The third kappa shape index (κ3) is 4.00. The molecule has 2 rings (SSSR count). The van der Waals surface area contributed by atoms with Crippen molar-refractivity contribution in [2.75, 3.05) is 19.7 Å². The van der Waals surface area contributed by atoms with E-state index >= 15 is 0 Å². The molecule has 0 spiro atoms. The largest absolute Gasteiger partial charge is 0.494 e. The lowest BCUT2D eigenvalue weighted by molar-refractivity contribution is 0.316. The van der Waals surface area contributed by atoms with Gasteiger partial charge in [0, 0.05) is 12.6 Å². The van der Waals surface area contributed by atoms with Crippen molar-refractivity contribution in [2.45, 2.75) is 32.2 Å². The van der Waals surface area contributed by atoms with Crippen LogP contribution < -0.4 is 15.8 Å². The monoisotopic (exact) mass is 248 g/mol. The van der Waals surface area contributed by atoms with E-state index in [4.69, 9.17) is 10.5 Å². The molecule has 1 aliphatic carbocycles. The summed E-state index contributed by atoms with van der Waals surface area (Å²) in [5.41, 5.74) is 7.09. The maximum atomic E-state index is 5.86. The maximum Gasteiger partial charge on any atom is 0.119 e. The molecule has 0 radical (unpaired) electrons. The van der Waals surface area contributed by atoms with Crippen LogP contribution in [0.25, 0.3) is 0 Å². The molecule has 3 N–H and O–H groups in total. The SMILES string of the molecule is CCCOc1cccc(C(CN)NCC2CC2)c1. The molecule has 3 nitrogen and oxygen atoms in total. The minimum atomic E-state index is 0.246. The lowest BCUT2D eigenvalue weighted by atomic mass is 10.1.